The zero-order chi connectivity index (χ0) is 18.1. The number of benzene rings is 2. The molecule has 0 bridgehead atoms. The van der Waals surface area contributed by atoms with Crippen LogP contribution < -0.4 is 9.47 Å². The number of ether oxygens (including phenoxy) is 2. The second kappa shape index (κ2) is 6.90. The average molecular weight is 374 g/mol. The van der Waals surface area contributed by atoms with Crippen molar-refractivity contribution in [3.05, 3.63) is 54.1 Å². The molecule has 4 rings (SSSR count). The molecule has 0 N–H and O–H groups in total. The fourth-order valence-electron chi connectivity index (χ4n) is 3.46. The first-order chi connectivity index (χ1) is 12.6. The Morgan fingerprint density at radius 2 is 1.69 bits per heavy atom. The molecule has 1 fully saturated rings. The largest absolute Gasteiger partial charge is 0.486 e. The van der Waals surface area contributed by atoms with Gasteiger partial charge in [0, 0.05) is 25.7 Å². The molecule has 0 aliphatic carbocycles. The van der Waals surface area contributed by atoms with Gasteiger partial charge in [0.15, 0.2) is 11.5 Å². The highest BCUT2D eigenvalue weighted by Crippen LogP contribution is 2.36. The summed E-state index contributed by atoms with van der Waals surface area (Å²) in [5, 5.41) is 0. The van der Waals surface area contributed by atoms with Gasteiger partial charge in [0.1, 0.15) is 13.2 Å². The number of likely N-dealkylation sites (N-methyl/N-ethyl adjacent to an activating group) is 1. The average Bonchev–Trinajstić information content (AvgIpc) is 2.68. The van der Waals surface area contributed by atoms with E-state index in [2.05, 4.69) is 4.90 Å². The summed E-state index contributed by atoms with van der Waals surface area (Å²) in [6, 6.07) is 14.4. The number of hydrogen-bond acceptors (Lipinski definition) is 5. The molecule has 2 aromatic rings. The standard InChI is InChI=1S/C19H22N2O4S/c1-20-9-10-21(17(14-20)15-5-3-2-4-6-15)26(22,23)16-7-8-18-19(13-16)25-12-11-24-18/h2-8,13,17H,9-12,14H2,1H3/t17-/m1/s1. The van der Waals surface area contributed by atoms with E-state index in [4.69, 9.17) is 9.47 Å². The zero-order valence-corrected chi connectivity index (χ0v) is 15.5. The molecule has 2 aromatic carbocycles. The van der Waals surface area contributed by atoms with Crippen LogP contribution in [0.15, 0.2) is 53.4 Å². The van der Waals surface area contributed by atoms with Crippen molar-refractivity contribution in [1.82, 2.24) is 9.21 Å². The van der Waals surface area contributed by atoms with E-state index in [1.54, 1.807) is 22.5 Å². The Labute approximate surface area is 154 Å². The van der Waals surface area contributed by atoms with Crippen LogP contribution in [0.4, 0.5) is 0 Å². The number of hydrogen-bond donors (Lipinski definition) is 0. The highest BCUT2D eigenvalue weighted by molar-refractivity contribution is 7.89. The third-order valence-corrected chi connectivity index (χ3v) is 6.74. The van der Waals surface area contributed by atoms with Gasteiger partial charge in [0.25, 0.3) is 0 Å². The Morgan fingerprint density at radius 1 is 0.962 bits per heavy atom. The Balaban J connectivity index is 1.71. The first kappa shape index (κ1) is 17.3. The molecular weight excluding hydrogens is 352 g/mol. The topological polar surface area (TPSA) is 59.1 Å². The molecule has 0 saturated carbocycles. The minimum atomic E-state index is -3.65. The second-order valence-corrected chi connectivity index (χ2v) is 8.50. The van der Waals surface area contributed by atoms with Crippen molar-refractivity contribution in [3.63, 3.8) is 0 Å². The van der Waals surface area contributed by atoms with E-state index in [9.17, 15) is 8.42 Å². The molecule has 2 aliphatic rings. The summed E-state index contributed by atoms with van der Waals surface area (Å²) < 4.78 is 39.4. The maximum atomic E-state index is 13.4. The summed E-state index contributed by atoms with van der Waals surface area (Å²) in [7, 11) is -1.63. The zero-order valence-electron chi connectivity index (χ0n) is 14.7. The van der Waals surface area contributed by atoms with Crippen LogP contribution in [0.2, 0.25) is 0 Å². The van der Waals surface area contributed by atoms with Gasteiger partial charge in [0.05, 0.1) is 10.9 Å². The van der Waals surface area contributed by atoms with Crippen LogP contribution in [0, 0.1) is 0 Å². The molecule has 0 unspecified atom stereocenters. The predicted molar refractivity (Wildman–Crippen MR) is 98.0 cm³/mol. The highest BCUT2D eigenvalue weighted by atomic mass is 32.2. The third kappa shape index (κ3) is 3.18. The van der Waals surface area contributed by atoms with E-state index in [0.29, 0.717) is 44.3 Å². The minimum Gasteiger partial charge on any atom is -0.486 e. The van der Waals surface area contributed by atoms with Crippen molar-refractivity contribution < 1.29 is 17.9 Å². The second-order valence-electron chi connectivity index (χ2n) is 6.61. The molecule has 0 aromatic heterocycles. The lowest BCUT2D eigenvalue weighted by atomic mass is 10.1. The molecule has 7 heteroatoms. The van der Waals surface area contributed by atoms with Crippen LogP contribution in [-0.2, 0) is 10.0 Å². The summed E-state index contributed by atoms with van der Waals surface area (Å²) in [4.78, 5) is 2.40. The van der Waals surface area contributed by atoms with Crippen molar-refractivity contribution >= 4 is 10.0 Å². The van der Waals surface area contributed by atoms with Crippen molar-refractivity contribution in [2.75, 3.05) is 39.9 Å². The number of sulfonamides is 1. The van der Waals surface area contributed by atoms with E-state index in [1.807, 2.05) is 37.4 Å². The van der Waals surface area contributed by atoms with Crippen LogP contribution in [0.25, 0.3) is 0 Å². The van der Waals surface area contributed by atoms with Gasteiger partial charge in [-0.05, 0) is 24.7 Å². The Hall–Kier alpha value is -2.09. The highest BCUT2D eigenvalue weighted by Gasteiger charge is 2.36. The van der Waals surface area contributed by atoms with Crippen LogP contribution in [0.1, 0.15) is 11.6 Å². The number of nitrogens with zero attached hydrogens (tertiary/aromatic N) is 2. The quantitative estimate of drug-likeness (QED) is 0.824. The molecule has 0 spiro atoms. The summed E-state index contributed by atoms with van der Waals surface area (Å²) in [6.07, 6.45) is 0. The number of rotatable bonds is 3. The van der Waals surface area contributed by atoms with Crippen LogP contribution in [0.3, 0.4) is 0 Å². The van der Waals surface area contributed by atoms with Crippen LogP contribution >= 0.6 is 0 Å². The lowest BCUT2D eigenvalue weighted by Gasteiger charge is -2.39. The first-order valence-electron chi connectivity index (χ1n) is 8.71. The maximum absolute atomic E-state index is 13.4. The summed E-state index contributed by atoms with van der Waals surface area (Å²) >= 11 is 0. The monoisotopic (exact) mass is 374 g/mol. The van der Waals surface area contributed by atoms with E-state index in [-0.39, 0.29) is 10.9 Å². The Morgan fingerprint density at radius 3 is 2.46 bits per heavy atom. The van der Waals surface area contributed by atoms with Gasteiger partial charge in [-0.15, -0.1) is 0 Å². The minimum absolute atomic E-state index is 0.215. The maximum Gasteiger partial charge on any atom is 0.243 e. The molecule has 1 atom stereocenters. The van der Waals surface area contributed by atoms with Gasteiger partial charge in [-0.3, -0.25) is 0 Å². The third-order valence-electron chi connectivity index (χ3n) is 4.84. The van der Waals surface area contributed by atoms with Crippen molar-refractivity contribution in [2.45, 2.75) is 10.9 Å². The van der Waals surface area contributed by atoms with Gasteiger partial charge in [-0.1, -0.05) is 30.3 Å². The van der Waals surface area contributed by atoms with Gasteiger partial charge in [-0.25, -0.2) is 8.42 Å². The Bertz CT molecular complexity index is 886. The van der Waals surface area contributed by atoms with Gasteiger partial charge in [0.2, 0.25) is 10.0 Å². The summed E-state index contributed by atoms with van der Waals surface area (Å²) in [5.41, 5.74) is 1.00. The number of fused-ring (bicyclic) bond motifs is 1. The van der Waals surface area contributed by atoms with E-state index in [1.165, 1.54) is 0 Å². The van der Waals surface area contributed by atoms with Crippen LogP contribution in [0.5, 0.6) is 11.5 Å². The van der Waals surface area contributed by atoms with E-state index in [0.717, 1.165) is 5.56 Å². The van der Waals surface area contributed by atoms with Crippen molar-refractivity contribution in [3.8, 4) is 11.5 Å². The molecule has 26 heavy (non-hydrogen) atoms. The van der Waals surface area contributed by atoms with E-state index >= 15 is 0 Å². The summed E-state index contributed by atoms with van der Waals surface area (Å²) in [6.45, 7) is 2.72. The molecule has 2 heterocycles. The fraction of sp³-hybridized carbons (Fsp3) is 0.368. The van der Waals surface area contributed by atoms with Crippen LogP contribution in [-0.4, -0.2) is 57.5 Å². The van der Waals surface area contributed by atoms with Crippen molar-refractivity contribution in [1.29, 1.82) is 0 Å². The van der Waals surface area contributed by atoms with Gasteiger partial charge in [-0.2, -0.15) is 4.31 Å². The molecular formula is C19H22N2O4S. The van der Waals surface area contributed by atoms with Crippen molar-refractivity contribution in [2.24, 2.45) is 0 Å². The van der Waals surface area contributed by atoms with E-state index < -0.39 is 10.0 Å². The number of piperazine rings is 1. The molecule has 1 saturated heterocycles. The first-order valence-corrected chi connectivity index (χ1v) is 10.1. The lowest BCUT2D eigenvalue weighted by Crippen LogP contribution is -2.49. The van der Waals surface area contributed by atoms with Gasteiger partial charge < -0.3 is 14.4 Å². The Kier molecular flexibility index (Phi) is 4.60. The molecule has 6 nitrogen and oxygen atoms in total. The summed E-state index contributed by atoms with van der Waals surface area (Å²) in [5.74, 6) is 1.08. The smallest absolute Gasteiger partial charge is 0.243 e. The lowest BCUT2D eigenvalue weighted by molar-refractivity contribution is 0.160. The predicted octanol–water partition coefficient (Wildman–Crippen LogP) is 2.14. The molecule has 138 valence electrons. The molecule has 0 radical (unpaired) electrons. The SMILES string of the molecule is CN1CCN(S(=O)(=O)c2ccc3c(c2)OCCO3)[C@@H](c2ccccc2)C1. The normalized spacial score (nSPS) is 21.5. The fourth-order valence-corrected chi connectivity index (χ4v) is 5.07. The molecule has 0 amide bonds. The van der Waals surface area contributed by atoms with Gasteiger partial charge >= 0.3 is 0 Å². The molecule has 2 aliphatic heterocycles.